The molecule has 1 atom stereocenters. The molecular formula is C21H25FN2O2. The fourth-order valence-corrected chi connectivity index (χ4v) is 2.79. The number of benzene rings is 2. The number of amides is 2. The summed E-state index contributed by atoms with van der Waals surface area (Å²) in [5.41, 5.74) is 1.51. The van der Waals surface area contributed by atoms with Gasteiger partial charge >= 0.3 is 0 Å². The standard InChI is InChI=1S/C21H25FN2O2/c1-4-23-20(25)19(17-8-6-5-7-9-17)24(21(26)15(2)3)14-16-10-12-18(22)13-11-16/h5-13,15,19H,4,14H2,1-3H3,(H,23,25)/t19-/m0/s1. The summed E-state index contributed by atoms with van der Waals surface area (Å²) in [6.07, 6.45) is 0. The van der Waals surface area contributed by atoms with E-state index in [0.717, 1.165) is 11.1 Å². The molecular weight excluding hydrogens is 331 g/mol. The molecule has 2 rings (SSSR count). The summed E-state index contributed by atoms with van der Waals surface area (Å²) in [4.78, 5) is 27.3. The summed E-state index contributed by atoms with van der Waals surface area (Å²) in [5.74, 6) is -0.959. The lowest BCUT2D eigenvalue weighted by Crippen LogP contribution is -2.44. The van der Waals surface area contributed by atoms with Crippen LogP contribution in [0.4, 0.5) is 4.39 Å². The molecule has 0 heterocycles. The fraction of sp³-hybridized carbons (Fsp3) is 0.333. The van der Waals surface area contributed by atoms with Crippen LogP contribution < -0.4 is 5.32 Å². The van der Waals surface area contributed by atoms with Crippen LogP contribution in [0.15, 0.2) is 54.6 Å². The van der Waals surface area contributed by atoms with Gasteiger partial charge in [0.05, 0.1) is 0 Å². The molecule has 2 aromatic rings. The van der Waals surface area contributed by atoms with Crippen LogP contribution in [-0.2, 0) is 16.1 Å². The second-order valence-corrected chi connectivity index (χ2v) is 6.46. The molecule has 4 nitrogen and oxygen atoms in total. The number of carbonyl (C=O) groups excluding carboxylic acids is 2. The van der Waals surface area contributed by atoms with Gasteiger partial charge in [-0.3, -0.25) is 9.59 Å². The van der Waals surface area contributed by atoms with Crippen molar-refractivity contribution in [3.63, 3.8) is 0 Å². The first kappa shape index (κ1) is 19.6. The molecule has 2 aromatic carbocycles. The van der Waals surface area contributed by atoms with E-state index in [0.29, 0.717) is 6.54 Å². The molecule has 2 amide bonds. The molecule has 0 bridgehead atoms. The van der Waals surface area contributed by atoms with E-state index < -0.39 is 6.04 Å². The minimum absolute atomic E-state index is 0.130. The Kier molecular flexibility index (Phi) is 6.89. The Labute approximate surface area is 154 Å². The van der Waals surface area contributed by atoms with Crippen molar-refractivity contribution in [2.45, 2.75) is 33.4 Å². The smallest absolute Gasteiger partial charge is 0.247 e. The summed E-state index contributed by atoms with van der Waals surface area (Å²) in [6.45, 7) is 6.16. The number of hydrogen-bond donors (Lipinski definition) is 1. The maximum absolute atomic E-state index is 13.2. The number of nitrogens with one attached hydrogen (secondary N) is 1. The SMILES string of the molecule is CCNC(=O)[C@H](c1ccccc1)N(Cc1ccc(F)cc1)C(=O)C(C)C. The minimum atomic E-state index is -0.740. The van der Waals surface area contributed by atoms with Crippen molar-refractivity contribution in [3.8, 4) is 0 Å². The van der Waals surface area contributed by atoms with E-state index >= 15 is 0 Å². The number of likely N-dealkylation sites (N-methyl/N-ethyl adjacent to an activating group) is 1. The highest BCUT2D eigenvalue weighted by Gasteiger charge is 2.32. The molecule has 0 aromatic heterocycles. The summed E-state index contributed by atoms with van der Waals surface area (Å²) in [6, 6.07) is 14.5. The molecule has 0 aliphatic carbocycles. The predicted molar refractivity (Wildman–Crippen MR) is 99.7 cm³/mol. The first-order valence-corrected chi connectivity index (χ1v) is 8.81. The maximum Gasteiger partial charge on any atom is 0.247 e. The van der Waals surface area contributed by atoms with Crippen molar-refractivity contribution in [1.82, 2.24) is 10.2 Å². The highest BCUT2D eigenvalue weighted by atomic mass is 19.1. The zero-order valence-corrected chi connectivity index (χ0v) is 15.4. The van der Waals surface area contributed by atoms with Crippen molar-refractivity contribution >= 4 is 11.8 Å². The molecule has 1 N–H and O–H groups in total. The van der Waals surface area contributed by atoms with Gasteiger partial charge in [-0.05, 0) is 30.2 Å². The van der Waals surface area contributed by atoms with E-state index in [1.807, 2.05) is 37.3 Å². The first-order valence-electron chi connectivity index (χ1n) is 8.81. The van der Waals surface area contributed by atoms with Crippen molar-refractivity contribution in [3.05, 3.63) is 71.5 Å². The number of carbonyl (C=O) groups is 2. The van der Waals surface area contributed by atoms with Gasteiger partial charge < -0.3 is 10.2 Å². The maximum atomic E-state index is 13.2. The monoisotopic (exact) mass is 356 g/mol. The lowest BCUT2D eigenvalue weighted by Gasteiger charge is -2.32. The Morgan fingerprint density at radius 1 is 1.04 bits per heavy atom. The van der Waals surface area contributed by atoms with Gasteiger partial charge in [-0.2, -0.15) is 0 Å². The molecule has 0 spiro atoms. The van der Waals surface area contributed by atoms with E-state index in [4.69, 9.17) is 0 Å². The molecule has 0 unspecified atom stereocenters. The van der Waals surface area contributed by atoms with Crippen molar-refractivity contribution in [2.75, 3.05) is 6.54 Å². The molecule has 0 aliphatic heterocycles. The van der Waals surface area contributed by atoms with Crippen LogP contribution in [0, 0.1) is 11.7 Å². The Morgan fingerprint density at radius 2 is 1.65 bits per heavy atom. The second kappa shape index (κ2) is 9.13. The van der Waals surface area contributed by atoms with Gasteiger partial charge in [0.15, 0.2) is 0 Å². The van der Waals surface area contributed by atoms with Gasteiger partial charge in [-0.15, -0.1) is 0 Å². The highest BCUT2D eigenvalue weighted by Crippen LogP contribution is 2.25. The van der Waals surface area contributed by atoms with Crippen LogP contribution >= 0.6 is 0 Å². The molecule has 0 aliphatic rings. The lowest BCUT2D eigenvalue weighted by molar-refractivity contribution is -0.144. The largest absolute Gasteiger partial charge is 0.354 e. The van der Waals surface area contributed by atoms with Gasteiger partial charge in [0, 0.05) is 19.0 Å². The summed E-state index contributed by atoms with van der Waals surface area (Å²) >= 11 is 0. The van der Waals surface area contributed by atoms with Gasteiger partial charge in [-0.1, -0.05) is 56.3 Å². The highest BCUT2D eigenvalue weighted by molar-refractivity contribution is 5.89. The quantitative estimate of drug-likeness (QED) is 0.823. The molecule has 0 saturated carbocycles. The van der Waals surface area contributed by atoms with Crippen LogP contribution in [-0.4, -0.2) is 23.3 Å². The van der Waals surface area contributed by atoms with Crippen molar-refractivity contribution in [1.29, 1.82) is 0 Å². The van der Waals surface area contributed by atoms with E-state index in [1.165, 1.54) is 12.1 Å². The summed E-state index contributed by atoms with van der Waals surface area (Å²) in [5, 5.41) is 2.82. The van der Waals surface area contributed by atoms with Gasteiger partial charge in [0.25, 0.3) is 0 Å². The topological polar surface area (TPSA) is 49.4 Å². The Hall–Kier alpha value is -2.69. The fourth-order valence-electron chi connectivity index (χ4n) is 2.79. The Balaban J connectivity index is 2.44. The van der Waals surface area contributed by atoms with Crippen molar-refractivity contribution in [2.24, 2.45) is 5.92 Å². The zero-order chi connectivity index (χ0) is 19.1. The van der Waals surface area contributed by atoms with Crippen LogP contribution in [0.2, 0.25) is 0 Å². The Morgan fingerprint density at radius 3 is 2.19 bits per heavy atom. The average molecular weight is 356 g/mol. The summed E-state index contributed by atoms with van der Waals surface area (Å²) < 4.78 is 13.2. The van der Waals surface area contributed by atoms with E-state index in [9.17, 15) is 14.0 Å². The first-order chi connectivity index (χ1) is 12.4. The molecule has 26 heavy (non-hydrogen) atoms. The molecule has 5 heteroatoms. The van der Waals surface area contributed by atoms with E-state index in [-0.39, 0.29) is 30.1 Å². The van der Waals surface area contributed by atoms with E-state index in [2.05, 4.69) is 5.32 Å². The van der Waals surface area contributed by atoms with Crippen LogP contribution in [0.5, 0.6) is 0 Å². The normalized spacial score (nSPS) is 11.9. The van der Waals surface area contributed by atoms with Crippen LogP contribution in [0.25, 0.3) is 0 Å². The Bertz CT molecular complexity index is 729. The average Bonchev–Trinajstić information content (AvgIpc) is 2.63. The lowest BCUT2D eigenvalue weighted by atomic mass is 10.0. The van der Waals surface area contributed by atoms with Gasteiger partial charge in [0.2, 0.25) is 11.8 Å². The number of hydrogen-bond acceptors (Lipinski definition) is 2. The third-order valence-electron chi connectivity index (χ3n) is 4.07. The molecule has 138 valence electrons. The molecule has 0 radical (unpaired) electrons. The number of halogens is 1. The van der Waals surface area contributed by atoms with Crippen LogP contribution in [0.3, 0.4) is 0 Å². The van der Waals surface area contributed by atoms with Crippen molar-refractivity contribution < 1.29 is 14.0 Å². The predicted octanol–water partition coefficient (Wildman–Crippen LogP) is 3.69. The van der Waals surface area contributed by atoms with Gasteiger partial charge in [0.1, 0.15) is 11.9 Å². The third kappa shape index (κ3) is 4.91. The summed E-state index contributed by atoms with van der Waals surface area (Å²) in [7, 11) is 0. The number of nitrogens with zero attached hydrogens (tertiary/aromatic N) is 1. The third-order valence-corrected chi connectivity index (χ3v) is 4.07. The number of rotatable bonds is 7. The zero-order valence-electron chi connectivity index (χ0n) is 15.4. The molecule has 0 saturated heterocycles. The molecule has 0 fully saturated rings. The second-order valence-electron chi connectivity index (χ2n) is 6.46. The van der Waals surface area contributed by atoms with E-state index in [1.54, 1.807) is 30.9 Å². The van der Waals surface area contributed by atoms with Gasteiger partial charge in [-0.25, -0.2) is 4.39 Å². The van der Waals surface area contributed by atoms with Crippen LogP contribution in [0.1, 0.15) is 37.9 Å². The minimum Gasteiger partial charge on any atom is -0.354 e.